The molecule has 2 atom stereocenters. The Hall–Kier alpha value is -1.60. The van der Waals surface area contributed by atoms with Gasteiger partial charge in [-0.2, -0.15) is 0 Å². The first kappa shape index (κ1) is 24.5. The number of anilines is 1. The molecule has 0 spiro atoms. The molecular formula is C25H39ClN4O3. The second kappa shape index (κ2) is 10.8. The maximum atomic E-state index is 12.2. The summed E-state index contributed by atoms with van der Waals surface area (Å²) in [7, 11) is 0. The highest BCUT2D eigenvalue weighted by Gasteiger charge is 2.38. The Morgan fingerprint density at radius 2 is 1.67 bits per heavy atom. The van der Waals surface area contributed by atoms with E-state index in [0.717, 1.165) is 70.0 Å². The SMILES string of the molecule is CC(C)(C)OC(=O)N1CCC(COCC2CCC2C2CCN(c3ncc(Cl)cn3)CC2)CC1. The predicted octanol–water partition coefficient (Wildman–Crippen LogP) is 5.04. The fraction of sp³-hybridized carbons (Fsp3) is 0.800. The van der Waals surface area contributed by atoms with Gasteiger partial charge >= 0.3 is 6.09 Å². The van der Waals surface area contributed by atoms with Crippen LogP contribution in [0.4, 0.5) is 10.7 Å². The summed E-state index contributed by atoms with van der Waals surface area (Å²) < 4.78 is 11.7. The minimum atomic E-state index is -0.434. The Balaban J connectivity index is 1.12. The minimum absolute atomic E-state index is 0.187. The van der Waals surface area contributed by atoms with Crippen molar-refractivity contribution in [2.24, 2.45) is 23.7 Å². The van der Waals surface area contributed by atoms with Crippen molar-refractivity contribution in [2.45, 2.75) is 64.9 Å². The lowest BCUT2D eigenvalue weighted by molar-refractivity contribution is -0.0195. The van der Waals surface area contributed by atoms with Gasteiger partial charge in [0.1, 0.15) is 5.60 Å². The van der Waals surface area contributed by atoms with Gasteiger partial charge in [-0.3, -0.25) is 0 Å². The summed E-state index contributed by atoms with van der Waals surface area (Å²) in [6.07, 6.45) is 10.2. The highest BCUT2D eigenvalue weighted by molar-refractivity contribution is 6.30. The van der Waals surface area contributed by atoms with Crippen molar-refractivity contribution >= 4 is 23.6 Å². The third-order valence-electron chi connectivity index (χ3n) is 7.46. The standard InChI is InChI=1S/C25H39ClN4O3/c1-25(2,3)33-24(31)30-10-6-18(7-11-30)16-32-17-20-4-5-22(20)19-8-12-29(13-9-19)23-27-14-21(26)15-28-23/h14-15,18-20,22H,4-13,16-17H2,1-3H3. The molecule has 3 heterocycles. The van der Waals surface area contributed by atoms with Gasteiger partial charge in [-0.05, 0) is 83.0 Å². The number of hydrogen-bond acceptors (Lipinski definition) is 6. The van der Waals surface area contributed by atoms with E-state index in [0.29, 0.717) is 16.9 Å². The molecule has 2 unspecified atom stereocenters. The van der Waals surface area contributed by atoms with Crippen molar-refractivity contribution in [1.29, 1.82) is 0 Å². The molecule has 33 heavy (non-hydrogen) atoms. The number of carbonyl (C=O) groups excluding carboxylic acids is 1. The fourth-order valence-electron chi connectivity index (χ4n) is 5.41. The van der Waals surface area contributed by atoms with Crippen LogP contribution in [-0.4, -0.2) is 66.0 Å². The zero-order chi connectivity index (χ0) is 23.4. The molecule has 1 aromatic heterocycles. The van der Waals surface area contributed by atoms with Crippen LogP contribution in [0.25, 0.3) is 0 Å². The molecule has 1 saturated carbocycles. The summed E-state index contributed by atoms with van der Waals surface area (Å²) in [6, 6.07) is 0. The lowest BCUT2D eigenvalue weighted by Gasteiger charge is -2.45. The maximum Gasteiger partial charge on any atom is 0.410 e. The van der Waals surface area contributed by atoms with E-state index in [-0.39, 0.29) is 6.09 Å². The normalized spacial score (nSPS) is 25.1. The average Bonchev–Trinajstić information content (AvgIpc) is 2.76. The number of piperidine rings is 2. The second-order valence-corrected chi connectivity index (χ2v) is 11.4. The largest absolute Gasteiger partial charge is 0.444 e. The molecular weight excluding hydrogens is 440 g/mol. The summed E-state index contributed by atoms with van der Waals surface area (Å²) >= 11 is 5.91. The number of carbonyl (C=O) groups is 1. The van der Waals surface area contributed by atoms with Crippen LogP contribution >= 0.6 is 11.6 Å². The molecule has 3 fully saturated rings. The molecule has 3 aliphatic rings. The Bertz CT molecular complexity index is 769. The number of amides is 1. The molecule has 0 aromatic carbocycles. The van der Waals surface area contributed by atoms with Crippen LogP contribution in [0.2, 0.25) is 5.02 Å². The molecule has 7 nitrogen and oxygen atoms in total. The smallest absolute Gasteiger partial charge is 0.410 e. The first-order chi connectivity index (χ1) is 15.8. The van der Waals surface area contributed by atoms with Crippen molar-refractivity contribution < 1.29 is 14.3 Å². The molecule has 8 heteroatoms. The van der Waals surface area contributed by atoms with Crippen LogP contribution in [-0.2, 0) is 9.47 Å². The molecule has 1 amide bonds. The molecule has 4 rings (SSSR count). The lowest BCUT2D eigenvalue weighted by Crippen LogP contribution is -2.43. The minimum Gasteiger partial charge on any atom is -0.444 e. The Morgan fingerprint density at radius 3 is 2.24 bits per heavy atom. The van der Waals surface area contributed by atoms with E-state index in [4.69, 9.17) is 21.1 Å². The predicted molar refractivity (Wildman–Crippen MR) is 130 cm³/mol. The number of aromatic nitrogens is 2. The third-order valence-corrected chi connectivity index (χ3v) is 7.66. The first-order valence-corrected chi connectivity index (χ1v) is 12.9. The van der Waals surface area contributed by atoms with Crippen LogP contribution in [0.5, 0.6) is 0 Å². The van der Waals surface area contributed by atoms with E-state index in [1.165, 1.54) is 25.7 Å². The van der Waals surface area contributed by atoms with Crippen LogP contribution in [0.15, 0.2) is 12.4 Å². The summed E-state index contributed by atoms with van der Waals surface area (Å²) in [5.41, 5.74) is -0.434. The third kappa shape index (κ3) is 6.72. The molecule has 0 radical (unpaired) electrons. The van der Waals surface area contributed by atoms with Crippen LogP contribution < -0.4 is 4.90 Å². The van der Waals surface area contributed by atoms with Gasteiger partial charge in [-0.1, -0.05) is 11.6 Å². The van der Waals surface area contributed by atoms with Gasteiger partial charge in [0.15, 0.2) is 0 Å². The van der Waals surface area contributed by atoms with Crippen molar-refractivity contribution in [3.05, 3.63) is 17.4 Å². The Labute approximate surface area is 203 Å². The monoisotopic (exact) mass is 478 g/mol. The molecule has 1 aliphatic carbocycles. The summed E-state index contributed by atoms with van der Waals surface area (Å²) in [5.74, 6) is 3.63. The van der Waals surface area contributed by atoms with Crippen molar-refractivity contribution in [2.75, 3.05) is 44.3 Å². The van der Waals surface area contributed by atoms with E-state index in [1.54, 1.807) is 12.4 Å². The highest BCUT2D eigenvalue weighted by Crippen LogP contribution is 2.44. The van der Waals surface area contributed by atoms with Crippen LogP contribution in [0.1, 0.15) is 59.3 Å². The lowest BCUT2D eigenvalue weighted by atomic mass is 9.65. The molecule has 0 N–H and O–H groups in total. The van der Waals surface area contributed by atoms with Gasteiger partial charge in [0.2, 0.25) is 5.95 Å². The summed E-state index contributed by atoms with van der Waals surface area (Å²) in [6.45, 7) is 11.0. The van der Waals surface area contributed by atoms with Gasteiger partial charge in [-0.25, -0.2) is 14.8 Å². The second-order valence-electron chi connectivity index (χ2n) is 11.0. The summed E-state index contributed by atoms with van der Waals surface area (Å²) in [4.78, 5) is 25.1. The molecule has 2 aliphatic heterocycles. The van der Waals surface area contributed by atoms with Gasteiger partial charge in [0.05, 0.1) is 17.4 Å². The number of rotatable bonds is 6. The number of likely N-dealkylation sites (tertiary alicyclic amines) is 1. The van der Waals surface area contributed by atoms with Gasteiger partial charge in [0, 0.05) is 39.4 Å². The maximum absolute atomic E-state index is 12.2. The van der Waals surface area contributed by atoms with Crippen LogP contribution in [0.3, 0.4) is 0 Å². The summed E-state index contributed by atoms with van der Waals surface area (Å²) in [5, 5.41) is 0.583. The van der Waals surface area contributed by atoms with E-state index < -0.39 is 5.60 Å². The Morgan fingerprint density at radius 1 is 1.00 bits per heavy atom. The van der Waals surface area contributed by atoms with E-state index in [1.807, 2.05) is 25.7 Å². The molecule has 0 bridgehead atoms. The van der Waals surface area contributed by atoms with Crippen molar-refractivity contribution in [3.63, 3.8) is 0 Å². The highest BCUT2D eigenvalue weighted by atomic mass is 35.5. The quantitative estimate of drug-likeness (QED) is 0.570. The average molecular weight is 479 g/mol. The zero-order valence-electron chi connectivity index (χ0n) is 20.3. The van der Waals surface area contributed by atoms with E-state index in [2.05, 4.69) is 14.9 Å². The zero-order valence-corrected chi connectivity index (χ0v) is 21.1. The van der Waals surface area contributed by atoms with E-state index >= 15 is 0 Å². The molecule has 2 saturated heterocycles. The van der Waals surface area contributed by atoms with Gasteiger partial charge in [0.25, 0.3) is 0 Å². The van der Waals surface area contributed by atoms with Crippen molar-refractivity contribution in [1.82, 2.24) is 14.9 Å². The first-order valence-electron chi connectivity index (χ1n) is 12.6. The van der Waals surface area contributed by atoms with Gasteiger partial charge < -0.3 is 19.3 Å². The number of nitrogens with zero attached hydrogens (tertiary/aromatic N) is 4. The number of hydrogen-bond donors (Lipinski definition) is 0. The molecule has 184 valence electrons. The Kier molecular flexibility index (Phi) is 8.00. The van der Waals surface area contributed by atoms with Crippen LogP contribution in [0, 0.1) is 23.7 Å². The topological polar surface area (TPSA) is 67.8 Å². The fourth-order valence-corrected chi connectivity index (χ4v) is 5.51. The number of halogens is 1. The van der Waals surface area contributed by atoms with E-state index in [9.17, 15) is 4.79 Å². The van der Waals surface area contributed by atoms with Gasteiger partial charge in [-0.15, -0.1) is 0 Å². The van der Waals surface area contributed by atoms with Crippen molar-refractivity contribution in [3.8, 4) is 0 Å². The number of ether oxygens (including phenoxy) is 2. The molecule has 1 aromatic rings.